The zero-order valence-corrected chi connectivity index (χ0v) is 15.1. The predicted octanol–water partition coefficient (Wildman–Crippen LogP) is 4.57. The summed E-state index contributed by atoms with van der Waals surface area (Å²) in [4.78, 5) is 15.7. The van der Waals surface area contributed by atoms with E-state index in [0.29, 0.717) is 28.0 Å². The Labute approximate surface area is 163 Å². The van der Waals surface area contributed by atoms with E-state index < -0.39 is 17.5 Å². The van der Waals surface area contributed by atoms with Crippen LogP contribution in [-0.2, 0) is 0 Å². The van der Waals surface area contributed by atoms with E-state index in [4.69, 9.17) is 14.4 Å². The third kappa shape index (κ3) is 3.41. The standard InChI is InChI=1S/C21H14F2N2O4/c1-28-18-7-4-13(22)10-15(18)11-2-5-14(16(23)8-11)21-24-17-9-12(20(26)25-27)3-6-19(17)29-21/h2-10,27H,1H3,(H,25,26). The van der Waals surface area contributed by atoms with Gasteiger partial charge in [0.2, 0.25) is 5.89 Å². The van der Waals surface area contributed by atoms with Gasteiger partial charge in [-0.3, -0.25) is 10.0 Å². The summed E-state index contributed by atoms with van der Waals surface area (Å²) in [7, 11) is 1.45. The molecule has 1 amide bonds. The molecule has 0 bridgehead atoms. The van der Waals surface area contributed by atoms with Gasteiger partial charge in [0, 0.05) is 11.1 Å². The number of hydrogen-bond donors (Lipinski definition) is 2. The molecular formula is C21H14F2N2O4. The molecule has 3 aromatic carbocycles. The van der Waals surface area contributed by atoms with Crippen LogP contribution in [0.3, 0.4) is 0 Å². The average molecular weight is 396 g/mol. The lowest BCUT2D eigenvalue weighted by Gasteiger charge is -2.09. The van der Waals surface area contributed by atoms with Crippen LogP contribution in [0.2, 0.25) is 0 Å². The second kappa shape index (κ2) is 7.33. The number of benzene rings is 3. The molecule has 29 heavy (non-hydrogen) atoms. The van der Waals surface area contributed by atoms with Crippen LogP contribution in [0.25, 0.3) is 33.7 Å². The van der Waals surface area contributed by atoms with E-state index in [0.717, 1.165) is 0 Å². The first-order valence-corrected chi connectivity index (χ1v) is 8.49. The molecule has 4 rings (SSSR count). The molecule has 0 unspecified atom stereocenters. The Hall–Kier alpha value is -3.78. The topological polar surface area (TPSA) is 84.6 Å². The molecule has 0 saturated heterocycles. The number of amides is 1. The lowest BCUT2D eigenvalue weighted by Crippen LogP contribution is -2.18. The number of methoxy groups -OCH3 is 1. The number of ether oxygens (including phenoxy) is 1. The largest absolute Gasteiger partial charge is 0.496 e. The molecule has 0 aliphatic heterocycles. The first kappa shape index (κ1) is 18.6. The molecule has 2 N–H and O–H groups in total. The maximum Gasteiger partial charge on any atom is 0.274 e. The third-order valence-corrected chi connectivity index (χ3v) is 4.42. The number of nitrogens with one attached hydrogen (secondary N) is 1. The van der Waals surface area contributed by atoms with Gasteiger partial charge in [-0.15, -0.1) is 0 Å². The predicted molar refractivity (Wildman–Crippen MR) is 101 cm³/mol. The summed E-state index contributed by atoms with van der Waals surface area (Å²) in [5.74, 6) is -1.34. The molecule has 0 saturated carbocycles. The quantitative estimate of drug-likeness (QED) is 0.390. The molecule has 1 heterocycles. The fourth-order valence-electron chi connectivity index (χ4n) is 3.01. The summed E-state index contributed by atoms with van der Waals surface area (Å²) in [6.07, 6.45) is 0. The van der Waals surface area contributed by atoms with Crippen LogP contribution in [0.15, 0.2) is 59.0 Å². The van der Waals surface area contributed by atoms with Crippen LogP contribution in [0.4, 0.5) is 8.78 Å². The Morgan fingerprint density at radius 3 is 2.62 bits per heavy atom. The van der Waals surface area contributed by atoms with Crippen LogP contribution in [0.5, 0.6) is 5.75 Å². The molecule has 0 spiro atoms. The number of nitrogens with zero attached hydrogens (tertiary/aromatic N) is 1. The highest BCUT2D eigenvalue weighted by Crippen LogP contribution is 2.34. The van der Waals surface area contributed by atoms with Crippen LogP contribution < -0.4 is 10.2 Å². The van der Waals surface area contributed by atoms with Crippen molar-refractivity contribution in [1.82, 2.24) is 10.5 Å². The van der Waals surface area contributed by atoms with Crippen LogP contribution in [0, 0.1) is 11.6 Å². The van der Waals surface area contributed by atoms with Crippen molar-refractivity contribution in [2.45, 2.75) is 0 Å². The van der Waals surface area contributed by atoms with E-state index in [-0.39, 0.29) is 17.0 Å². The van der Waals surface area contributed by atoms with Gasteiger partial charge >= 0.3 is 0 Å². The molecule has 0 atom stereocenters. The minimum Gasteiger partial charge on any atom is -0.496 e. The monoisotopic (exact) mass is 396 g/mol. The van der Waals surface area contributed by atoms with E-state index in [1.54, 1.807) is 6.07 Å². The Morgan fingerprint density at radius 1 is 1.07 bits per heavy atom. The van der Waals surface area contributed by atoms with Crippen molar-refractivity contribution in [3.8, 4) is 28.3 Å². The van der Waals surface area contributed by atoms with E-state index in [1.807, 2.05) is 0 Å². The highest BCUT2D eigenvalue weighted by Gasteiger charge is 2.16. The lowest BCUT2D eigenvalue weighted by atomic mass is 10.0. The van der Waals surface area contributed by atoms with E-state index in [9.17, 15) is 13.6 Å². The molecule has 0 aliphatic rings. The highest BCUT2D eigenvalue weighted by atomic mass is 19.1. The van der Waals surface area contributed by atoms with Crippen LogP contribution >= 0.6 is 0 Å². The molecule has 0 aliphatic carbocycles. The summed E-state index contributed by atoms with van der Waals surface area (Å²) in [6.45, 7) is 0. The maximum absolute atomic E-state index is 14.8. The fraction of sp³-hybridized carbons (Fsp3) is 0.0476. The SMILES string of the molecule is COc1ccc(F)cc1-c1ccc(-c2nc3cc(C(=O)NO)ccc3o2)c(F)c1. The second-order valence-corrected chi connectivity index (χ2v) is 6.18. The van der Waals surface area contributed by atoms with Gasteiger partial charge in [-0.05, 0) is 54.1 Å². The minimum atomic E-state index is -0.698. The molecule has 1 aromatic heterocycles. The zero-order chi connectivity index (χ0) is 20.5. The number of fused-ring (bicyclic) bond motifs is 1. The Bertz CT molecular complexity index is 1240. The van der Waals surface area contributed by atoms with Crippen molar-refractivity contribution in [3.63, 3.8) is 0 Å². The molecule has 6 nitrogen and oxygen atoms in total. The first-order valence-electron chi connectivity index (χ1n) is 8.49. The Morgan fingerprint density at radius 2 is 1.90 bits per heavy atom. The summed E-state index contributed by atoms with van der Waals surface area (Å²) in [5.41, 5.74) is 3.34. The number of oxazole rings is 1. The van der Waals surface area contributed by atoms with Gasteiger partial charge in [0.05, 0.1) is 12.7 Å². The Kier molecular flexibility index (Phi) is 4.69. The number of halogens is 2. The van der Waals surface area contributed by atoms with Gasteiger partial charge in [0.25, 0.3) is 5.91 Å². The van der Waals surface area contributed by atoms with Crippen molar-refractivity contribution in [3.05, 3.63) is 71.8 Å². The lowest BCUT2D eigenvalue weighted by molar-refractivity contribution is 0.0706. The van der Waals surface area contributed by atoms with Gasteiger partial charge in [-0.1, -0.05) is 6.07 Å². The molecular weight excluding hydrogens is 382 g/mol. The minimum absolute atomic E-state index is 0.0248. The summed E-state index contributed by atoms with van der Waals surface area (Å²) < 4.78 is 39.2. The van der Waals surface area contributed by atoms with Crippen molar-refractivity contribution in [2.24, 2.45) is 0 Å². The smallest absolute Gasteiger partial charge is 0.274 e. The van der Waals surface area contributed by atoms with Gasteiger partial charge in [0.1, 0.15) is 22.9 Å². The second-order valence-electron chi connectivity index (χ2n) is 6.18. The first-order chi connectivity index (χ1) is 14.0. The number of carbonyl (C=O) groups is 1. The van der Waals surface area contributed by atoms with Crippen molar-refractivity contribution >= 4 is 17.0 Å². The van der Waals surface area contributed by atoms with Crippen LogP contribution in [-0.4, -0.2) is 23.2 Å². The Balaban J connectivity index is 1.75. The normalized spacial score (nSPS) is 10.9. The van der Waals surface area contributed by atoms with Gasteiger partial charge in [0.15, 0.2) is 5.58 Å². The summed E-state index contributed by atoms with van der Waals surface area (Å²) in [6, 6.07) is 12.7. The number of aromatic nitrogens is 1. The summed E-state index contributed by atoms with van der Waals surface area (Å²) in [5, 5.41) is 8.73. The third-order valence-electron chi connectivity index (χ3n) is 4.42. The molecule has 8 heteroatoms. The number of rotatable bonds is 4. The molecule has 146 valence electrons. The average Bonchev–Trinajstić information content (AvgIpc) is 3.15. The fourth-order valence-corrected chi connectivity index (χ4v) is 3.01. The van der Waals surface area contributed by atoms with Crippen molar-refractivity contribution < 1.29 is 27.9 Å². The van der Waals surface area contributed by atoms with E-state index >= 15 is 0 Å². The van der Waals surface area contributed by atoms with Gasteiger partial charge < -0.3 is 9.15 Å². The zero-order valence-electron chi connectivity index (χ0n) is 15.1. The van der Waals surface area contributed by atoms with Crippen LogP contribution in [0.1, 0.15) is 10.4 Å². The van der Waals surface area contributed by atoms with Crippen molar-refractivity contribution in [2.75, 3.05) is 7.11 Å². The maximum atomic E-state index is 14.8. The number of carbonyl (C=O) groups excluding carboxylic acids is 1. The highest BCUT2D eigenvalue weighted by molar-refractivity contribution is 5.96. The van der Waals surface area contributed by atoms with Crippen molar-refractivity contribution in [1.29, 1.82) is 0 Å². The molecule has 0 radical (unpaired) electrons. The van der Waals surface area contributed by atoms with E-state index in [2.05, 4.69) is 4.98 Å². The van der Waals surface area contributed by atoms with Gasteiger partial charge in [-0.2, -0.15) is 0 Å². The number of hydrogen-bond acceptors (Lipinski definition) is 5. The summed E-state index contributed by atoms with van der Waals surface area (Å²) >= 11 is 0. The molecule has 4 aromatic rings. The number of hydroxylamine groups is 1. The van der Waals surface area contributed by atoms with E-state index in [1.165, 1.54) is 61.1 Å². The molecule has 0 fully saturated rings. The van der Waals surface area contributed by atoms with Gasteiger partial charge in [-0.25, -0.2) is 19.2 Å².